The first kappa shape index (κ1) is 32.1. The van der Waals surface area contributed by atoms with Gasteiger partial charge in [-0.1, -0.05) is 6.07 Å². The van der Waals surface area contributed by atoms with Crippen molar-refractivity contribution in [3.8, 4) is 0 Å². The van der Waals surface area contributed by atoms with Gasteiger partial charge >= 0.3 is 13.0 Å². The van der Waals surface area contributed by atoms with Crippen molar-refractivity contribution in [2.45, 2.75) is 50.6 Å². The minimum atomic E-state index is -4.43. The predicted octanol–water partition coefficient (Wildman–Crippen LogP) is 1.18. The van der Waals surface area contributed by atoms with E-state index in [4.69, 9.17) is 10.5 Å². The van der Waals surface area contributed by atoms with Crippen LogP contribution in [0.4, 0.5) is 26.4 Å². The molecule has 1 heterocycles. The molecule has 1 atom stereocenters. The second-order valence-electron chi connectivity index (χ2n) is 9.91. The molecule has 14 nitrogen and oxygen atoms in total. The van der Waals surface area contributed by atoms with Gasteiger partial charge in [0.25, 0.3) is 15.9 Å². The Kier molecular flexibility index (Phi) is 9.65. The van der Waals surface area contributed by atoms with E-state index in [1.54, 1.807) is 20.8 Å². The molecule has 3 aromatic rings. The maximum absolute atomic E-state index is 14.0. The summed E-state index contributed by atoms with van der Waals surface area (Å²) >= 11 is 0. The van der Waals surface area contributed by atoms with Crippen LogP contribution in [0.15, 0.2) is 47.4 Å². The van der Waals surface area contributed by atoms with Gasteiger partial charge in [-0.05, 0) is 64.0 Å². The zero-order chi connectivity index (χ0) is 31.4. The van der Waals surface area contributed by atoms with Gasteiger partial charge in [-0.25, -0.2) is 21.9 Å². The van der Waals surface area contributed by atoms with Crippen molar-refractivity contribution in [1.29, 1.82) is 0 Å². The number of nitrogens with two attached hydrogens (primary N) is 1. The number of sulfonamides is 1. The molecule has 3 rings (SSSR count). The summed E-state index contributed by atoms with van der Waals surface area (Å²) in [6.07, 6.45) is -0.554. The number of hydrogen-bond donors (Lipinski definition) is 5. The van der Waals surface area contributed by atoms with Crippen molar-refractivity contribution in [1.82, 2.24) is 24.7 Å². The van der Waals surface area contributed by atoms with Crippen LogP contribution < -0.4 is 21.0 Å². The zero-order valence-electron chi connectivity index (χ0n) is 22.9. The van der Waals surface area contributed by atoms with Crippen LogP contribution in [0.3, 0.4) is 0 Å². The van der Waals surface area contributed by atoms with Crippen molar-refractivity contribution < 1.29 is 41.3 Å². The maximum Gasteiger partial charge on any atom is 0.374 e. The highest BCUT2D eigenvalue weighted by Gasteiger charge is 2.30. The van der Waals surface area contributed by atoms with Crippen molar-refractivity contribution in [3.05, 3.63) is 59.7 Å². The highest BCUT2D eigenvalue weighted by Crippen LogP contribution is 2.20. The van der Waals surface area contributed by atoms with Crippen LogP contribution >= 0.6 is 0 Å². The number of nitrogen functional groups attached to an aromatic ring is 1. The van der Waals surface area contributed by atoms with Gasteiger partial charge in [0.15, 0.2) is 0 Å². The highest BCUT2D eigenvalue weighted by atomic mass is 32.2. The van der Waals surface area contributed by atoms with E-state index in [2.05, 4.69) is 20.6 Å². The minimum Gasteiger partial charge on any atom is -0.460 e. The Balaban J connectivity index is 1.72. The molecule has 6 N–H and O–H groups in total. The van der Waals surface area contributed by atoms with Crippen LogP contribution in [-0.2, 0) is 24.3 Å². The van der Waals surface area contributed by atoms with E-state index in [0.29, 0.717) is 4.68 Å². The third kappa shape index (κ3) is 8.31. The SMILES string of the molecule is CB(O)N[C@@H](CC(=O)OC(C)(C)C)C(=O)NS(=O)(=O)c1ccc(Nc2nc(N)n(C(=O)c3c(F)cccc3F)n2)cc1. The van der Waals surface area contributed by atoms with Gasteiger partial charge in [-0.3, -0.25) is 14.4 Å². The summed E-state index contributed by atoms with van der Waals surface area (Å²) in [5.41, 5.74) is 4.18. The van der Waals surface area contributed by atoms with Gasteiger partial charge in [-0.2, -0.15) is 9.67 Å². The van der Waals surface area contributed by atoms with Crippen LogP contribution in [-0.4, -0.2) is 64.7 Å². The lowest BCUT2D eigenvalue weighted by Gasteiger charge is -2.23. The molecule has 0 unspecified atom stereocenters. The quantitative estimate of drug-likeness (QED) is 0.163. The van der Waals surface area contributed by atoms with Crippen LogP contribution in [0.25, 0.3) is 0 Å². The van der Waals surface area contributed by atoms with E-state index >= 15 is 0 Å². The normalized spacial score (nSPS) is 12.4. The molecular formula is C24H28BF2N7O7S. The zero-order valence-corrected chi connectivity index (χ0v) is 23.7. The highest BCUT2D eigenvalue weighted by molar-refractivity contribution is 7.90. The summed E-state index contributed by atoms with van der Waals surface area (Å²) < 4.78 is 61.2. The smallest absolute Gasteiger partial charge is 0.374 e. The number of aromatic nitrogens is 3. The Morgan fingerprint density at radius 3 is 2.26 bits per heavy atom. The van der Waals surface area contributed by atoms with Gasteiger partial charge in [0.2, 0.25) is 17.8 Å². The average molecular weight is 607 g/mol. The van der Waals surface area contributed by atoms with Crippen molar-refractivity contribution in [3.63, 3.8) is 0 Å². The third-order valence-corrected chi connectivity index (χ3v) is 6.57. The summed E-state index contributed by atoms with van der Waals surface area (Å²) in [7, 11) is -5.67. The lowest BCUT2D eigenvalue weighted by atomic mass is 9.86. The van der Waals surface area contributed by atoms with Gasteiger partial charge in [-0.15, -0.1) is 5.10 Å². The molecule has 42 heavy (non-hydrogen) atoms. The molecule has 0 saturated carbocycles. The molecule has 1 aromatic heterocycles. The van der Waals surface area contributed by atoms with Crippen molar-refractivity contribution in [2.75, 3.05) is 11.1 Å². The van der Waals surface area contributed by atoms with Gasteiger partial charge in [0.05, 0.1) is 17.4 Å². The first-order chi connectivity index (χ1) is 19.5. The van der Waals surface area contributed by atoms with E-state index in [1.807, 2.05) is 4.72 Å². The van der Waals surface area contributed by atoms with Crippen LogP contribution in [0.5, 0.6) is 0 Å². The number of esters is 1. The second kappa shape index (κ2) is 12.6. The number of benzene rings is 2. The number of nitrogens with one attached hydrogen (secondary N) is 3. The largest absolute Gasteiger partial charge is 0.460 e. The van der Waals surface area contributed by atoms with Crippen molar-refractivity contribution >= 4 is 52.4 Å². The Morgan fingerprint density at radius 2 is 1.71 bits per heavy atom. The third-order valence-electron chi connectivity index (χ3n) is 5.21. The molecule has 18 heteroatoms. The lowest BCUT2D eigenvalue weighted by Crippen LogP contribution is -2.52. The molecule has 0 radical (unpaired) electrons. The minimum absolute atomic E-state index is 0.223. The molecular weight excluding hydrogens is 579 g/mol. The van der Waals surface area contributed by atoms with Crippen LogP contribution in [0.2, 0.25) is 6.82 Å². The van der Waals surface area contributed by atoms with E-state index in [1.165, 1.54) is 19.0 Å². The number of hydrogen-bond acceptors (Lipinski definition) is 12. The molecule has 224 valence electrons. The fourth-order valence-corrected chi connectivity index (χ4v) is 4.53. The fraction of sp³-hybridized carbons (Fsp3) is 0.292. The second-order valence-corrected chi connectivity index (χ2v) is 11.6. The molecule has 0 aliphatic carbocycles. The van der Waals surface area contributed by atoms with E-state index < -0.39 is 76.1 Å². The Bertz CT molecular complexity index is 1570. The summed E-state index contributed by atoms with van der Waals surface area (Å²) in [6.45, 7) is 6.14. The van der Waals surface area contributed by atoms with Crippen LogP contribution in [0.1, 0.15) is 37.6 Å². The fourth-order valence-electron chi connectivity index (χ4n) is 3.51. The predicted molar refractivity (Wildman–Crippen MR) is 147 cm³/mol. The van der Waals surface area contributed by atoms with Crippen LogP contribution in [0, 0.1) is 11.6 Å². The number of carbonyl (C=O) groups is 3. The number of halogens is 2. The molecule has 2 aromatic carbocycles. The summed E-state index contributed by atoms with van der Waals surface area (Å²) in [5, 5.41) is 18.5. The maximum atomic E-state index is 14.0. The Hall–Kier alpha value is -4.42. The first-order valence-corrected chi connectivity index (χ1v) is 13.8. The van der Waals surface area contributed by atoms with Gasteiger partial charge in [0.1, 0.15) is 22.8 Å². The van der Waals surface area contributed by atoms with Gasteiger partial charge in [0, 0.05) is 5.69 Å². The number of nitrogens with zero attached hydrogens (tertiary/aromatic N) is 3. The van der Waals surface area contributed by atoms with E-state index in [-0.39, 0.29) is 16.5 Å². The molecule has 0 fully saturated rings. The Labute approximate surface area is 239 Å². The number of amides is 1. The van der Waals surface area contributed by atoms with E-state index in [9.17, 15) is 36.6 Å². The molecule has 0 aliphatic rings. The number of anilines is 3. The van der Waals surface area contributed by atoms with Crippen molar-refractivity contribution in [2.24, 2.45) is 0 Å². The number of rotatable bonds is 10. The molecule has 0 bridgehead atoms. The van der Waals surface area contributed by atoms with E-state index in [0.717, 1.165) is 30.3 Å². The summed E-state index contributed by atoms with van der Waals surface area (Å²) in [4.78, 5) is 41.0. The molecule has 0 aliphatic heterocycles. The summed E-state index contributed by atoms with van der Waals surface area (Å²) in [6, 6.07) is 6.26. The lowest BCUT2D eigenvalue weighted by molar-refractivity contribution is -0.156. The number of carbonyl (C=O) groups excluding carboxylic acids is 3. The average Bonchev–Trinajstić information content (AvgIpc) is 3.21. The topological polar surface area (TPSA) is 208 Å². The first-order valence-electron chi connectivity index (χ1n) is 12.3. The monoisotopic (exact) mass is 607 g/mol. The summed E-state index contributed by atoms with van der Waals surface area (Å²) in [5.74, 6) is -6.05. The molecule has 0 spiro atoms. The number of ether oxygens (including phenoxy) is 1. The molecule has 0 saturated heterocycles. The standard InChI is InChI=1S/C24H28BF2N7O7S/c1-24(2,3)41-18(35)12-17(31-25(4)38)20(36)33-42(39,40)14-10-8-13(9-11-14)29-23-30-22(28)34(32-23)21(37)19-15(26)6-5-7-16(19)27/h5-11,17,31,38H,12H2,1-4H3,(H,33,36)(H3,28,29,30,32)/t17-/m0/s1. The molecule has 1 amide bonds. The Morgan fingerprint density at radius 1 is 1.12 bits per heavy atom. The van der Waals surface area contributed by atoms with Gasteiger partial charge < -0.3 is 26.0 Å².